The molecular weight excluding hydrogens is 282 g/mol. The first-order valence-corrected chi connectivity index (χ1v) is 7.55. The summed E-state index contributed by atoms with van der Waals surface area (Å²) in [6, 6.07) is 17.8. The molecule has 3 rings (SSSR count). The molecule has 4 N–H and O–H groups in total. The van der Waals surface area contributed by atoms with Gasteiger partial charge in [0.25, 0.3) is 5.91 Å². The van der Waals surface area contributed by atoms with Gasteiger partial charge in [0.15, 0.2) is 0 Å². The Balaban J connectivity index is 1.68. The predicted molar refractivity (Wildman–Crippen MR) is 86.0 cm³/mol. The zero-order valence-corrected chi connectivity index (χ0v) is 12.1. The van der Waals surface area contributed by atoms with Gasteiger partial charge in [0.2, 0.25) is 0 Å². The van der Waals surface area contributed by atoms with Crippen molar-refractivity contribution in [2.24, 2.45) is 5.84 Å². The van der Waals surface area contributed by atoms with Gasteiger partial charge in [0.1, 0.15) is 0 Å². The average Bonchev–Trinajstić information content (AvgIpc) is 2.95. The van der Waals surface area contributed by atoms with Gasteiger partial charge in [-0.3, -0.25) is 10.2 Å². The second-order valence-corrected chi connectivity index (χ2v) is 5.70. The molecule has 0 aliphatic carbocycles. The van der Waals surface area contributed by atoms with Crippen molar-refractivity contribution < 1.29 is 4.79 Å². The van der Waals surface area contributed by atoms with Crippen LogP contribution in [-0.2, 0) is 5.75 Å². The number of para-hydroxylation sites is 1. The van der Waals surface area contributed by atoms with Gasteiger partial charge in [-0.1, -0.05) is 30.3 Å². The van der Waals surface area contributed by atoms with E-state index in [0.717, 1.165) is 21.9 Å². The third-order valence-corrected chi connectivity index (χ3v) is 4.26. The van der Waals surface area contributed by atoms with E-state index in [9.17, 15) is 4.79 Å². The first kappa shape index (κ1) is 13.7. The smallest absolute Gasteiger partial charge is 0.265 e. The summed E-state index contributed by atoms with van der Waals surface area (Å²) in [4.78, 5) is 14.7. The van der Waals surface area contributed by atoms with Crippen LogP contribution in [0.15, 0.2) is 59.6 Å². The standard InChI is InChI=1S/C16H15N3OS/c17-19-16(20)12-7-5-11(6-8-12)10-21-15-9-13-3-1-2-4-14(13)18-15/h1-9,18H,10,17H2,(H,19,20). The van der Waals surface area contributed by atoms with E-state index in [1.807, 2.05) is 24.3 Å². The number of amides is 1. The molecule has 4 nitrogen and oxygen atoms in total. The van der Waals surface area contributed by atoms with Gasteiger partial charge in [0, 0.05) is 22.2 Å². The lowest BCUT2D eigenvalue weighted by atomic mass is 10.1. The number of carbonyl (C=O) groups excluding carboxylic acids is 1. The van der Waals surface area contributed by atoms with Crippen LogP contribution < -0.4 is 11.3 Å². The highest BCUT2D eigenvalue weighted by atomic mass is 32.2. The molecule has 2 aromatic carbocycles. The van der Waals surface area contributed by atoms with Crippen LogP contribution in [0, 0.1) is 0 Å². The molecule has 0 unspecified atom stereocenters. The van der Waals surface area contributed by atoms with Crippen molar-refractivity contribution in [3.63, 3.8) is 0 Å². The van der Waals surface area contributed by atoms with Crippen molar-refractivity contribution in [2.75, 3.05) is 0 Å². The maximum atomic E-state index is 11.4. The number of hydrogen-bond acceptors (Lipinski definition) is 3. The number of carbonyl (C=O) groups is 1. The summed E-state index contributed by atoms with van der Waals surface area (Å²) in [6.45, 7) is 0. The van der Waals surface area contributed by atoms with Crippen molar-refractivity contribution in [1.82, 2.24) is 10.4 Å². The molecule has 0 aliphatic heterocycles. The maximum Gasteiger partial charge on any atom is 0.265 e. The number of nitrogens with one attached hydrogen (secondary N) is 2. The van der Waals surface area contributed by atoms with Crippen molar-refractivity contribution in [1.29, 1.82) is 0 Å². The number of thioether (sulfide) groups is 1. The van der Waals surface area contributed by atoms with Gasteiger partial charge in [-0.05, 0) is 29.8 Å². The minimum Gasteiger partial charge on any atom is -0.350 e. The molecule has 1 aromatic heterocycles. The topological polar surface area (TPSA) is 70.9 Å². The molecule has 1 amide bonds. The average molecular weight is 297 g/mol. The van der Waals surface area contributed by atoms with Gasteiger partial charge in [-0.25, -0.2) is 5.84 Å². The van der Waals surface area contributed by atoms with Crippen molar-refractivity contribution in [3.8, 4) is 0 Å². The summed E-state index contributed by atoms with van der Waals surface area (Å²) >= 11 is 1.74. The number of hydrazine groups is 1. The first-order valence-electron chi connectivity index (χ1n) is 6.57. The normalized spacial score (nSPS) is 10.7. The van der Waals surface area contributed by atoms with Crippen LogP contribution in [0.4, 0.5) is 0 Å². The number of nitrogens with two attached hydrogens (primary N) is 1. The lowest BCUT2D eigenvalue weighted by Crippen LogP contribution is -2.29. The lowest BCUT2D eigenvalue weighted by molar-refractivity contribution is 0.0953. The highest BCUT2D eigenvalue weighted by Crippen LogP contribution is 2.26. The van der Waals surface area contributed by atoms with Crippen molar-refractivity contribution in [2.45, 2.75) is 10.8 Å². The Morgan fingerprint density at radius 2 is 1.90 bits per heavy atom. The maximum absolute atomic E-state index is 11.4. The van der Waals surface area contributed by atoms with E-state index in [-0.39, 0.29) is 5.91 Å². The van der Waals surface area contributed by atoms with Gasteiger partial charge < -0.3 is 4.98 Å². The molecule has 0 fully saturated rings. The van der Waals surface area contributed by atoms with Crippen LogP contribution in [0.1, 0.15) is 15.9 Å². The molecule has 0 saturated carbocycles. The van der Waals surface area contributed by atoms with Crippen LogP contribution in [0.5, 0.6) is 0 Å². The molecule has 0 bridgehead atoms. The summed E-state index contributed by atoms with van der Waals surface area (Å²) in [5, 5.41) is 2.36. The molecule has 0 spiro atoms. The van der Waals surface area contributed by atoms with Crippen molar-refractivity contribution >= 4 is 28.6 Å². The number of H-pyrrole nitrogens is 1. The number of rotatable bonds is 4. The number of benzene rings is 2. The SMILES string of the molecule is NNC(=O)c1ccc(CSc2cc3ccccc3[nH]2)cc1. The molecule has 0 aliphatic rings. The molecule has 21 heavy (non-hydrogen) atoms. The minimum absolute atomic E-state index is 0.273. The zero-order chi connectivity index (χ0) is 14.7. The Hall–Kier alpha value is -2.24. The quantitative estimate of drug-likeness (QED) is 0.300. The fourth-order valence-electron chi connectivity index (χ4n) is 2.12. The Labute approximate surface area is 126 Å². The highest BCUT2D eigenvalue weighted by Gasteiger charge is 2.04. The second kappa shape index (κ2) is 6.03. The minimum atomic E-state index is -0.273. The summed E-state index contributed by atoms with van der Waals surface area (Å²) in [7, 11) is 0. The summed E-state index contributed by atoms with van der Waals surface area (Å²) < 4.78 is 0. The molecule has 0 saturated heterocycles. The van der Waals surface area contributed by atoms with E-state index < -0.39 is 0 Å². The molecule has 106 valence electrons. The third-order valence-electron chi connectivity index (χ3n) is 3.25. The van der Waals surface area contributed by atoms with E-state index in [2.05, 4.69) is 28.6 Å². The van der Waals surface area contributed by atoms with Crippen LogP contribution >= 0.6 is 11.8 Å². The molecule has 3 aromatic rings. The highest BCUT2D eigenvalue weighted by molar-refractivity contribution is 7.98. The number of aromatic nitrogens is 1. The largest absolute Gasteiger partial charge is 0.350 e. The molecule has 0 radical (unpaired) electrons. The Bertz CT molecular complexity index is 732. The fraction of sp³-hybridized carbons (Fsp3) is 0.0625. The lowest BCUT2D eigenvalue weighted by Gasteiger charge is -2.02. The van der Waals surface area contributed by atoms with E-state index in [1.165, 1.54) is 5.39 Å². The number of fused-ring (bicyclic) bond motifs is 1. The van der Waals surface area contributed by atoms with E-state index in [0.29, 0.717) is 5.56 Å². The van der Waals surface area contributed by atoms with E-state index >= 15 is 0 Å². The molecule has 0 atom stereocenters. The van der Waals surface area contributed by atoms with Crippen LogP contribution in [0.2, 0.25) is 0 Å². The Morgan fingerprint density at radius 3 is 2.62 bits per heavy atom. The zero-order valence-electron chi connectivity index (χ0n) is 11.3. The number of hydrogen-bond donors (Lipinski definition) is 3. The Kier molecular flexibility index (Phi) is 3.94. The van der Waals surface area contributed by atoms with Gasteiger partial charge in [-0.2, -0.15) is 0 Å². The predicted octanol–water partition coefficient (Wildman–Crippen LogP) is 3.06. The number of aromatic amines is 1. The molecule has 1 heterocycles. The molecule has 5 heteroatoms. The third kappa shape index (κ3) is 3.09. The van der Waals surface area contributed by atoms with E-state index in [1.54, 1.807) is 23.9 Å². The monoisotopic (exact) mass is 297 g/mol. The van der Waals surface area contributed by atoms with Gasteiger partial charge in [-0.15, -0.1) is 11.8 Å². The van der Waals surface area contributed by atoms with Gasteiger partial charge >= 0.3 is 0 Å². The van der Waals surface area contributed by atoms with E-state index in [4.69, 9.17) is 5.84 Å². The summed E-state index contributed by atoms with van der Waals surface area (Å²) in [6.07, 6.45) is 0. The van der Waals surface area contributed by atoms with Crippen LogP contribution in [0.25, 0.3) is 10.9 Å². The summed E-state index contributed by atoms with van der Waals surface area (Å²) in [5.41, 5.74) is 5.00. The van der Waals surface area contributed by atoms with Crippen LogP contribution in [0.3, 0.4) is 0 Å². The number of nitrogen functional groups attached to an aromatic ring is 1. The van der Waals surface area contributed by atoms with Gasteiger partial charge in [0.05, 0.1) is 5.03 Å². The second-order valence-electron chi connectivity index (χ2n) is 4.68. The van der Waals surface area contributed by atoms with Crippen LogP contribution in [-0.4, -0.2) is 10.9 Å². The molecular formula is C16H15N3OS. The Morgan fingerprint density at radius 1 is 1.14 bits per heavy atom. The fourth-order valence-corrected chi connectivity index (χ4v) is 3.03. The van der Waals surface area contributed by atoms with Crippen molar-refractivity contribution in [3.05, 3.63) is 65.7 Å². The summed E-state index contributed by atoms with van der Waals surface area (Å²) in [5.74, 6) is 5.68. The first-order chi connectivity index (χ1) is 10.3.